The normalized spacial score (nSPS) is 14.2. The Bertz CT molecular complexity index is 456. The van der Waals surface area contributed by atoms with Crippen molar-refractivity contribution in [1.29, 1.82) is 0 Å². The molecule has 0 bridgehead atoms. The molecule has 0 aliphatic carbocycles. The van der Waals surface area contributed by atoms with Crippen molar-refractivity contribution in [2.24, 2.45) is 0 Å². The summed E-state index contributed by atoms with van der Waals surface area (Å²) in [5.74, 6) is 1.55. The van der Waals surface area contributed by atoms with Gasteiger partial charge in [0.25, 0.3) is 10.0 Å². The van der Waals surface area contributed by atoms with Gasteiger partial charge in [-0.05, 0) is 32.3 Å². The molecule has 1 aromatic heterocycles. The Kier molecular flexibility index (Phi) is 5.03. The molecular formula is C10H19N3O2S2. The zero-order chi connectivity index (χ0) is 13.1. The smallest absolute Gasteiger partial charge is 0.260 e. The van der Waals surface area contributed by atoms with Gasteiger partial charge in [0.1, 0.15) is 5.82 Å². The first-order chi connectivity index (χ1) is 7.89. The van der Waals surface area contributed by atoms with Crippen molar-refractivity contribution in [2.45, 2.75) is 31.3 Å². The number of hydrogen-bond donors (Lipinski definition) is 1. The lowest BCUT2D eigenvalue weighted by Crippen LogP contribution is -2.35. The summed E-state index contributed by atoms with van der Waals surface area (Å²) in [7, 11) is -1.83. The lowest BCUT2D eigenvalue weighted by Gasteiger charge is -2.23. The standard InChI is InChI=1S/C10H19N3O2S2/c1-8(5-6-16-4)13(3)17(14,15)10-7-11-9(2)12-10/h7-8H,5-6H2,1-4H3,(H,11,12). The van der Waals surface area contributed by atoms with Crippen molar-refractivity contribution in [1.82, 2.24) is 14.3 Å². The van der Waals surface area contributed by atoms with Crippen molar-refractivity contribution >= 4 is 21.8 Å². The lowest BCUT2D eigenvalue weighted by molar-refractivity contribution is 0.381. The number of aryl methyl sites for hydroxylation is 1. The summed E-state index contributed by atoms with van der Waals surface area (Å²) in [4.78, 5) is 6.68. The Hall–Kier alpha value is -0.530. The van der Waals surface area contributed by atoms with Gasteiger partial charge in [-0.2, -0.15) is 16.1 Å². The maximum atomic E-state index is 12.2. The van der Waals surface area contributed by atoms with E-state index in [1.807, 2.05) is 13.2 Å². The average molecular weight is 277 g/mol. The molecule has 0 fully saturated rings. The van der Waals surface area contributed by atoms with Crippen molar-refractivity contribution in [2.75, 3.05) is 19.1 Å². The van der Waals surface area contributed by atoms with Gasteiger partial charge in [-0.3, -0.25) is 0 Å². The Morgan fingerprint density at radius 2 is 2.24 bits per heavy atom. The van der Waals surface area contributed by atoms with Crippen LogP contribution in [-0.2, 0) is 10.0 Å². The summed E-state index contributed by atoms with van der Waals surface area (Å²) in [6.45, 7) is 3.65. The van der Waals surface area contributed by atoms with Crippen LogP contribution in [-0.4, -0.2) is 47.8 Å². The zero-order valence-electron chi connectivity index (χ0n) is 10.6. The van der Waals surface area contributed by atoms with Gasteiger partial charge < -0.3 is 4.98 Å². The fourth-order valence-corrected chi connectivity index (χ4v) is 3.32. The predicted octanol–water partition coefficient (Wildman–Crippen LogP) is 1.48. The maximum absolute atomic E-state index is 12.2. The largest absolute Gasteiger partial charge is 0.332 e. The second-order valence-electron chi connectivity index (χ2n) is 3.98. The molecule has 0 saturated heterocycles. The van der Waals surface area contributed by atoms with Crippen molar-refractivity contribution in [3.8, 4) is 0 Å². The van der Waals surface area contributed by atoms with Crippen LogP contribution in [0.2, 0.25) is 0 Å². The monoisotopic (exact) mass is 277 g/mol. The molecule has 0 aliphatic heterocycles. The number of nitrogens with one attached hydrogen (secondary N) is 1. The first-order valence-electron chi connectivity index (χ1n) is 5.38. The molecule has 0 aliphatic rings. The van der Waals surface area contributed by atoms with E-state index in [-0.39, 0.29) is 11.1 Å². The summed E-state index contributed by atoms with van der Waals surface area (Å²) >= 11 is 1.72. The van der Waals surface area contributed by atoms with Crippen LogP contribution in [0.5, 0.6) is 0 Å². The fraction of sp³-hybridized carbons (Fsp3) is 0.700. The molecule has 0 radical (unpaired) electrons. The molecule has 0 saturated carbocycles. The van der Waals surface area contributed by atoms with Crippen LogP contribution in [0.3, 0.4) is 0 Å². The highest BCUT2D eigenvalue weighted by Crippen LogP contribution is 2.16. The van der Waals surface area contributed by atoms with Crippen LogP contribution in [0.25, 0.3) is 0 Å². The minimum Gasteiger partial charge on any atom is -0.332 e. The summed E-state index contributed by atoms with van der Waals surface area (Å²) in [6, 6.07) is -0.0175. The lowest BCUT2D eigenvalue weighted by atomic mass is 10.3. The fourth-order valence-electron chi connectivity index (χ4n) is 1.39. The second kappa shape index (κ2) is 5.88. The molecule has 1 aromatic rings. The molecule has 1 rings (SSSR count). The third kappa shape index (κ3) is 3.46. The number of thioether (sulfide) groups is 1. The van der Waals surface area contributed by atoms with Crippen molar-refractivity contribution in [3.63, 3.8) is 0 Å². The number of aromatic nitrogens is 2. The molecule has 7 heteroatoms. The third-order valence-electron chi connectivity index (χ3n) is 2.70. The number of aromatic amines is 1. The SMILES string of the molecule is CSCCC(C)N(C)S(=O)(=O)c1cnc(C)[nH]1. The molecule has 0 spiro atoms. The van der Waals surface area contributed by atoms with E-state index in [0.29, 0.717) is 5.82 Å². The van der Waals surface area contributed by atoms with E-state index in [2.05, 4.69) is 9.97 Å². The molecule has 17 heavy (non-hydrogen) atoms. The first kappa shape index (κ1) is 14.5. The molecule has 1 heterocycles. The van der Waals surface area contributed by atoms with E-state index in [4.69, 9.17) is 0 Å². The molecule has 5 nitrogen and oxygen atoms in total. The maximum Gasteiger partial charge on any atom is 0.260 e. The number of rotatable bonds is 6. The van der Waals surface area contributed by atoms with Gasteiger partial charge in [0.2, 0.25) is 0 Å². The van der Waals surface area contributed by atoms with Gasteiger partial charge in [-0.1, -0.05) is 0 Å². The van der Waals surface area contributed by atoms with Crippen molar-refractivity contribution < 1.29 is 8.42 Å². The van der Waals surface area contributed by atoms with E-state index in [9.17, 15) is 8.42 Å². The van der Waals surface area contributed by atoms with Gasteiger partial charge in [-0.15, -0.1) is 0 Å². The zero-order valence-corrected chi connectivity index (χ0v) is 12.2. The minimum atomic E-state index is -3.44. The highest BCUT2D eigenvalue weighted by molar-refractivity contribution is 7.98. The molecule has 1 atom stereocenters. The van der Waals surface area contributed by atoms with Crippen molar-refractivity contribution in [3.05, 3.63) is 12.0 Å². The van der Waals surface area contributed by atoms with Crippen LogP contribution >= 0.6 is 11.8 Å². The number of imidazole rings is 1. The van der Waals surface area contributed by atoms with Gasteiger partial charge >= 0.3 is 0 Å². The number of H-pyrrole nitrogens is 1. The quantitative estimate of drug-likeness (QED) is 0.855. The van der Waals surface area contributed by atoms with E-state index in [0.717, 1.165) is 12.2 Å². The van der Waals surface area contributed by atoms with E-state index in [1.165, 1.54) is 10.5 Å². The Balaban J connectivity index is 2.83. The summed E-state index contributed by atoms with van der Waals surface area (Å²) < 4.78 is 25.8. The van der Waals surface area contributed by atoms with Crippen LogP contribution in [0.1, 0.15) is 19.2 Å². The Labute approximate surface area is 107 Å². The van der Waals surface area contributed by atoms with Crippen LogP contribution in [0.15, 0.2) is 11.2 Å². The first-order valence-corrected chi connectivity index (χ1v) is 8.21. The predicted molar refractivity (Wildman–Crippen MR) is 70.7 cm³/mol. The van der Waals surface area contributed by atoms with Gasteiger partial charge in [0.15, 0.2) is 5.03 Å². The average Bonchev–Trinajstić information content (AvgIpc) is 2.72. The Morgan fingerprint density at radius 1 is 1.59 bits per heavy atom. The summed E-state index contributed by atoms with van der Waals surface area (Å²) in [6.07, 6.45) is 4.21. The molecule has 1 N–H and O–H groups in total. The number of nitrogens with zero attached hydrogens (tertiary/aromatic N) is 2. The van der Waals surface area contributed by atoms with Crippen LogP contribution < -0.4 is 0 Å². The molecular weight excluding hydrogens is 258 g/mol. The summed E-state index contributed by atoms with van der Waals surface area (Å²) in [5, 5.41) is 0.161. The highest BCUT2D eigenvalue weighted by atomic mass is 32.2. The van der Waals surface area contributed by atoms with Gasteiger partial charge in [-0.25, -0.2) is 13.4 Å². The Morgan fingerprint density at radius 3 is 2.71 bits per heavy atom. The minimum absolute atomic E-state index is 0.0175. The topological polar surface area (TPSA) is 66.1 Å². The van der Waals surface area contributed by atoms with E-state index in [1.54, 1.807) is 25.7 Å². The summed E-state index contributed by atoms with van der Waals surface area (Å²) in [5.41, 5.74) is 0. The van der Waals surface area contributed by atoms with E-state index < -0.39 is 10.0 Å². The molecule has 0 aromatic carbocycles. The highest BCUT2D eigenvalue weighted by Gasteiger charge is 2.26. The van der Waals surface area contributed by atoms with Crippen LogP contribution in [0.4, 0.5) is 0 Å². The van der Waals surface area contributed by atoms with Crippen LogP contribution in [0, 0.1) is 6.92 Å². The number of hydrogen-bond acceptors (Lipinski definition) is 4. The number of sulfonamides is 1. The van der Waals surface area contributed by atoms with Gasteiger partial charge in [0.05, 0.1) is 6.20 Å². The van der Waals surface area contributed by atoms with Gasteiger partial charge in [0, 0.05) is 13.1 Å². The molecule has 98 valence electrons. The van der Waals surface area contributed by atoms with E-state index >= 15 is 0 Å². The molecule has 0 amide bonds. The second-order valence-corrected chi connectivity index (χ2v) is 6.94. The third-order valence-corrected chi connectivity index (χ3v) is 5.22. The molecule has 1 unspecified atom stereocenters.